The molecule has 0 spiro atoms. The van der Waals surface area contributed by atoms with Crippen molar-refractivity contribution in [1.29, 1.82) is 0 Å². The fraction of sp³-hybridized carbons (Fsp3) is 0.353. The van der Waals surface area contributed by atoms with E-state index in [-0.39, 0.29) is 24.9 Å². The molecule has 9 nitrogen and oxygen atoms in total. The van der Waals surface area contributed by atoms with E-state index in [2.05, 4.69) is 10.4 Å². The van der Waals surface area contributed by atoms with Gasteiger partial charge in [-0.15, -0.1) is 0 Å². The van der Waals surface area contributed by atoms with Gasteiger partial charge in [-0.05, 0) is 94.5 Å². The number of nitrogens with two attached hydrogens (primary N) is 1. The Balaban J connectivity index is 1.73. The second-order valence-corrected chi connectivity index (χ2v) is 12.0. The van der Waals surface area contributed by atoms with Crippen molar-refractivity contribution in [2.75, 3.05) is 6.73 Å². The fourth-order valence-corrected chi connectivity index (χ4v) is 5.20. The van der Waals surface area contributed by atoms with Crippen LogP contribution in [-0.2, 0) is 22.5 Å². The molecule has 0 fully saturated rings. The maximum absolute atomic E-state index is 14.6. The van der Waals surface area contributed by atoms with Gasteiger partial charge in [0.15, 0.2) is 0 Å². The van der Waals surface area contributed by atoms with Gasteiger partial charge in [0.05, 0.1) is 24.1 Å². The van der Waals surface area contributed by atoms with E-state index < -0.39 is 23.7 Å². The first-order valence-corrected chi connectivity index (χ1v) is 14.5. The van der Waals surface area contributed by atoms with Crippen molar-refractivity contribution < 1.29 is 19.4 Å². The van der Waals surface area contributed by atoms with E-state index in [1.54, 1.807) is 35.2 Å². The first-order valence-electron chi connectivity index (χ1n) is 14.5. The molecule has 1 heterocycles. The Bertz CT molecular complexity index is 1530. The highest BCUT2D eigenvalue weighted by molar-refractivity contribution is 5.93. The molecular weight excluding hydrogens is 542 g/mol. The van der Waals surface area contributed by atoms with Gasteiger partial charge in [-0.25, -0.2) is 0 Å². The molecule has 3 aromatic carbocycles. The van der Waals surface area contributed by atoms with Crippen molar-refractivity contribution in [3.63, 3.8) is 0 Å². The minimum Gasteiger partial charge on any atom is -0.508 e. The largest absolute Gasteiger partial charge is 0.508 e. The predicted octanol–water partition coefficient (Wildman–Crippen LogP) is 5.43. The Hall–Kier alpha value is -4.34. The minimum absolute atomic E-state index is 0.137. The van der Waals surface area contributed by atoms with Crippen LogP contribution in [0.5, 0.6) is 5.75 Å². The van der Waals surface area contributed by atoms with Gasteiger partial charge in [0, 0.05) is 23.9 Å². The zero-order valence-electron chi connectivity index (χ0n) is 25.8. The van der Waals surface area contributed by atoms with Gasteiger partial charge in [-0.3, -0.25) is 19.6 Å². The number of rotatable bonds is 12. The number of phenolic OH excluding ortho intramolecular Hbond substituents is 1. The number of aryl methyl sites for hydroxylation is 2. The van der Waals surface area contributed by atoms with Crippen LogP contribution in [0, 0.1) is 13.8 Å². The number of aromatic hydroxyl groups is 1. The lowest BCUT2D eigenvalue weighted by atomic mass is 9.95. The van der Waals surface area contributed by atoms with Crippen molar-refractivity contribution in [3.05, 3.63) is 101 Å². The number of nitrogens with zero attached hydrogens (tertiary/aromatic N) is 2. The number of carbonyl (C=O) groups is 2. The lowest BCUT2D eigenvalue weighted by molar-refractivity contribution is -0.139. The summed E-state index contributed by atoms with van der Waals surface area (Å²) < 4.78 is 7.94. The van der Waals surface area contributed by atoms with Crippen LogP contribution >= 0.6 is 0 Å². The molecule has 0 aliphatic rings. The van der Waals surface area contributed by atoms with Gasteiger partial charge in [-0.1, -0.05) is 42.5 Å². The van der Waals surface area contributed by atoms with Crippen LogP contribution in [0.4, 0.5) is 0 Å². The lowest BCUT2D eigenvalue weighted by Gasteiger charge is -2.37. The van der Waals surface area contributed by atoms with Crippen LogP contribution in [0.15, 0.2) is 72.9 Å². The Morgan fingerprint density at radius 1 is 1.05 bits per heavy atom. The van der Waals surface area contributed by atoms with E-state index in [0.717, 1.165) is 33.5 Å². The SMILES string of the molecule is Cc1cc(O)cc(C)c1CC(NCOC(C)(C)C)C(=O)N(Cc1cccc(C(N)=O)c1)C(C)n1[nH]cc1-c1ccccc1. The maximum atomic E-state index is 14.6. The molecule has 2 atom stereocenters. The van der Waals surface area contributed by atoms with E-state index in [1.807, 2.05) is 88.8 Å². The van der Waals surface area contributed by atoms with Gasteiger partial charge in [-0.2, -0.15) is 0 Å². The average molecular weight is 586 g/mol. The molecule has 4 aromatic rings. The normalized spacial score (nSPS) is 13.1. The van der Waals surface area contributed by atoms with Crippen LogP contribution in [0.3, 0.4) is 0 Å². The summed E-state index contributed by atoms with van der Waals surface area (Å²) >= 11 is 0. The molecule has 0 aliphatic carbocycles. The van der Waals surface area contributed by atoms with Gasteiger partial charge in [0.2, 0.25) is 11.8 Å². The van der Waals surface area contributed by atoms with Gasteiger partial charge < -0.3 is 25.6 Å². The topological polar surface area (TPSA) is 126 Å². The second-order valence-electron chi connectivity index (χ2n) is 12.0. The van der Waals surface area contributed by atoms with Crippen molar-refractivity contribution in [2.45, 2.75) is 72.3 Å². The first-order chi connectivity index (χ1) is 20.3. The van der Waals surface area contributed by atoms with Crippen molar-refractivity contribution in [2.24, 2.45) is 5.73 Å². The third kappa shape index (κ3) is 7.94. The molecule has 2 unspecified atom stereocenters. The Kier molecular flexibility index (Phi) is 9.78. The summed E-state index contributed by atoms with van der Waals surface area (Å²) in [4.78, 5) is 28.4. The van der Waals surface area contributed by atoms with Crippen molar-refractivity contribution >= 4 is 11.8 Å². The van der Waals surface area contributed by atoms with Crippen LogP contribution in [0.25, 0.3) is 11.3 Å². The van der Waals surface area contributed by atoms with E-state index in [4.69, 9.17) is 10.5 Å². The summed E-state index contributed by atoms with van der Waals surface area (Å²) in [6.45, 7) is 12.2. The molecule has 9 heteroatoms. The molecule has 4 rings (SSSR count). The Labute approximate surface area is 253 Å². The number of hydrogen-bond acceptors (Lipinski definition) is 5. The van der Waals surface area contributed by atoms with Crippen LogP contribution in [0.2, 0.25) is 0 Å². The summed E-state index contributed by atoms with van der Waals surface area (Å²) in [5.41, 5.74) is 11.1. The molecule has 0 aliphatic heterocycles. The minimum atomic E-state index is -0.642. The van der Waals surface area contributed by atoms with E-state index in [0.29, 0.717) is 12.0 Å². The standard InChI is InChI=1S/C34H43N5O4/c1-22-15-28(40)16-23(2)29(22)18-30(36-21-43-34(4,5)6)33(42)38(20-25-11-10-14-27(17-25)32(35)41)24(3)39-31(19-37-39)26-12-8-7-9-13-26/h7-17,19,24,30,36-37,40H,18,20-21H2,1-6H3,(H2,35,41). The molecule has 228 valence electrons. The number of nitrogens with one attached hydrogen (secondary N) is 2. The molecule has 5 N–H and O–H groups in total. The lowest BCUT2D eigenvalue weighted by Crippen LogP contribution is -2.51. The number of phenols is 1. The number of carbonyl (C=O) groups excluding carboxylic acids is 2. The van der Waals surface area contributed by atoms with E-state index in [9.17, 15) is 14.7 Å². The number of ether oxygens (including phenoxy) is 1. The number of hydrogen-bond donors (Lipinski definition) is 4. The molecule has 2 amide bonds. The number of benzene rings is 3. The average Bonchev–Trinajstić information content (AvgIpc) is 2.91. The van der Waals surface area contributed by atoms with Gasteiger partial charge >= 0.3 is 0 Å². The zero-order chi connectivity index (χ0) is 31.3. The third-order valence-corrected chi connectivity index (χ3v) is 7.56. The van der Waals surface area contributed by atoms with Crippen LogP contribution < -0.4 is 11.1 Å². The molecule has 0 saturated carbocycles. The highest BCUT2D eigenvalue weighted by Gasteiger charge is 2.31. The second kappa shape index (κ2) is 13.3. The maximum Gasteiger partial charge on any atom is 0.248 e. The van der Waals surface area contributed by atoms with Crippen LogP contribution in [0.1, 0.15) is 66.5 Å². The summed E-state index contributed by atoms with van der Waals surface area (Å²) in [7, 11) is 0. The van der Waals surface area contributed by atoms with Gasteiger partial charge in [0.1, 0.15) is 11.9 Å². The summed E-state index contributed by atoms with van der Waals surface area (Å²) in [5, 5.41) is 16.7. The summed E-state index contributed by atoms with van der Waals surface area (Å²) in [6, 6.07) is 19.8. The number of primary amides is 1. The molecular formula is C34H43N5O4. The highest BCUT2D eigenvalue weighted by Crippen LogP contribution is 2.28. The molecule has 1 aromatic heterocycles. The fourth-order valence-electron chi connectivity index (χ4n) is 5.20. The number of aromatic nitrogens is 2. The third-order valence-electron chi connectivity index (χ3n) is 7.56. The molecule has 0 bridgehead atoms. The number of H-pyrrole nitrogens is 1. The number of amides is 2. The smallest absolute Gasteiger partial charge is 0.248 e. The predicted molar refractivity (Wildman–Crippen MR) is 168 cm³/mol. The monoisotopic (exact) mass is 585 g/mol. The Morgan fingerprint density at radius 3 is 2.30 bits per heavy atom. The first kappa shape index (κ1) is 31.6. The van der Waals surface area contributed by atoms with Crippen molar-refractivity contribution in [3.8, 4) is 17.0 Å². The van der Waals surface area contributed by atoms with Gasteiger partial charge in [0.25, 0.3) is 0 Å². The Morgan fingerprint density at radius 2 is 1.72 bits per heavy atom. The van der Waals surface area contributed by atoms with E-state index >= 15 is 0 Å². The quantitative estimate of drug-likeness (QED) is 0.165. The molecule has 0 radical (unpaired) electrons. The molecule has 43 heavy (non-hydrogen) atoms. The highest BCUT2D eigenvalue weighted by atomic mass is 16.5. The summed E-state index contributed by atoms with van der Waals surface area (Å²) in [6.07, 6.45) is 1.90. The zero-order valence-corrected chi connectivity index (χ0v) is 25.8. The summed E-state index contributed by atoms with van der Waals surface area (Å²) in [5.74, 6) is -0.467. The van der Waals surface area contributed by atoms with E-state index in [1.165, 1.54) is 0 Å². The van der Waals surface area contributed by atoms with Crippen LogP contribution in [-0.4, -0.2) is 50.0 Å². The number of aromatic amines is 1. The molecule has 0 saturated heterocycles. The van der Waals surface area contributed by atoms with Crippen molar-refractivity contribution in [1.82, 2.24) is 20.0 Å².